The first-order valence-electron chi connectivity index (χ1n) is 16.8. The van der Waals surface area contributed by atoms with Crippen LogP contribution in [0.2, 0.25) is 0 Å². The van der Waals surface area contributed by atoms with Crippen molar-refractivity contribution in [2.45, 2.75) is 116 Å². The highest BCUT2D eigenvalue weighted by atomic mass is 31.2. The molecular formula is C34H61NO7P+. The van der Waals surface area contributed by atoms with Crippen molar-refractivity contribution in [3.63, 3.8) is 0 Å². The maximum absolute atomic E-state index is 12.4. The van der Waals surface area contributed by atoms with Crippen molar-refractivity contribution in [2.24, 2.45) is 11.8 Å². The van der Waals surface area contributed by atoms with Crippen molar-refractivity contribution < 1.29 is 37.3 Å². The van der Waals surface area contributed by atoms with Crippen LogP contribution in [-0.2, 0) is 34.5 Å². The predicted molar refractivity (Wildman–Crippen MR) is 173 cm³/mol. The van der Waals surface area contributed by atoms with Gasteiger partial charge in [0.05, 0.1) is 34.4 Å². The van der Waals surface area contributed by atoms with Gasteiger partial charge < -0.3 is 18.9 Å². The summed E-state index contributed by atoms with van der Waals surface area (Å²) in [6.45, 7) is 2.91. The number of hydrogen-bond donors (Lipinski definition) is 1. The monoisotopic (exact) mass is 626 g/mol. The molecule has 1 aliphatic rings. The Morgan fingerprint density at radius 1 is 0.884 bits per heavy atom. The fourth-order valence-corrected chi connectivity index (χ4v) is 5.99. The molecule has 1 aliphatic carbocycles. The van der Waals surface area contributed by atoms with Crippen LogP contribution in [0.3, 0.4) is 0 Å². The number of carbonyl (C=O) groups excluding carboxylic acids is 1. The van der Waals surface area contributed by atoms with Gasteiger partial charge in [-0.15, -0.1) is 0 Å². The molecule has 2 rings (SSSR count). The van der Waals surface area contributed by atoms with Crippen molar-refractivity contribution in [3.05, 3.63) is 35.9 Å². The van der Waals surface area contributed by atoms with Crippen LogP contribution in [0.4, 0.5) is 0 Å². The van der Waals surface area contributed by atoms with E-state index in [9.17, 15) is 14.3 Å². The standard InChI is InChI=1S/C34H60NO7P/c1-5-6-7-16-21-31-26-32(31)22-17-11-9-8-10-12-18-23-34(36)40-28-33(39-27-30-19-14-13-15-20-30)29-42-43(37,38)41-25-24-35(2,3)4/h13-15,19-20,31-33H,5-12,16-18,21-29H2,1-4H3/p+1/t31-,32+,33+/m0/s1. The maximum atomic E-state index is 12.4. The molecule has 8 nitrogen and oxygen atoms in total. The van der Waals surface area contributed by atoms with E-state index in [2.05, 4.69) is 6.92 Å². The van der Waals surface area contributed by atoms with Crippen molar-refractivity contribution in [2.75, 3.05) is 47.5 Å². The Bertz CT molecular complexity index is 908. The average Bonchev–Trinajstić information content (AvgIpc) is 3.71. The van der Waals surface area contributed by atoms with Crippen LogP contribution in [0.1, 0.15) is 109 Å². The van der Waals surface area contributed by atoms with E-state index in [1.807, 2.05) is 51.5 Å². The van der Waals surface area contributed by atoms with Crippen LogP contribution in [0.5, 0.6) is 0 Å². The van der Waals surface area contributed by atoms with Crippen LogP contribution in [-0.4, -0.2) is 69.0 Å². The molecule has 0 saturated heterocycles. The van der Waals surface area contributed by atoms with Crippen LogP contribution in [0, 0.1) is 11.8 Å². The Kier molecular flexibility index (Phi) is 18.9. The third kappa shape index (κ3) is 20.4. The van der Waals surface area contributed by atoms with E-state index >= 15 is 0 Å². The molecule has 0 spiro atoms. The average molecular weight is 627 g/mol. The van der Waals surface area contributed by atoms with Gasteiger partial charge in [-0.1, -0.05) is 114 Å². The molecule has 1 fully saturated rings. The number of phosphoric ester groups is 1. The third-order valence-electron chi connectivity index (χ3n) is 8.15. The summed E-state index contributed by atoms with van der Waals surface area (Å²) in [4.78, 5) is 22.5. The minimum atomic E-state index is -4.25. The first-order valence-corrected chi connectivity index (χ1v) is 18.3. The van der Waals surface area contributed by atoms with Gasteiger partial charge in [-0.25, -0.2) is 4.57 Å². The van der Waals surface area contributed by atoms with E-state index in [1.54, 1.807) is 0 Å². The smallest absolute Gasteiger partial charge is 0.463 e. The van der Waals surface area contributed by atoms with E-state index in [4.69, 9.17) is 18.5 Å². The summed E-state index contributed by atoms with van der Waals surface area (Å²) in [6.07, 6.45) is 17.8. The first kappa shape index (κ1) is 37.9. The minimum absolute atomic E-state index is 0.0505. The molecule has 0 radical (unpaired) electrons. The van der Waals surface area contributed by atoms with Crippen LogP contribution in [0.15, 0.2) is 30.3 Å². The molecule has 0 amide bonds. The van der Waals surface area contributed by atoms with Gasteiger partial charge in [0, 0.05) is 6.42 Å². The maximum Gasteiger partial charge on any atom is 0.472 e. The largest absolute Gasteiger partial charge is 0.472 e. The van der Waals surface area contributed by atoms with E-state index in [0.717, 1.165) is 36.7 Å². The highest BCUT2D eigenvalue weighted by Crippen LogP contribution is 2.46. The molecule has 248 valence electrons. The Morgan fingerprint density at radius 3 is 2.12 bits per heavy atom. The number of hydrogen-bond acceptors (Lipinski definition) is 6. The molecule has 1 saturated carbocycles. The van der Waals surface area contributed by atoms with Gasteiger partial charge in [0.15, 0.2) is 0 Å². The van der Waals surface area contributed by atoms with Crippen LogP contribution >= 0.6 is 7.82 Å². The topological polar surface area (TPSA) is 91.3 Å². The molecule has 9 heteroatoms. The zero-order chi connectivity index (χ0) is 31.4. The Labute approximate surface area is 262 Å². The van der Waals surface area contributed by atoms with Crippen molar-refractivity contribution in [1.82, 2.24) is 0 Å². The van der Waals surface area contributed by atoms with E-state index in [0.29, 0.717) is 17.4 Å². The molecule has 43 heavy (non-hydrogen) atoms. The zero-order valence-electron chi connectivity index (χ0n) is 27.6. The SMILES string of the molecule is CCCCCC[C@H]1C[C@H]1CCCCCCCCCC(=O)OC[C@H](COP(=O)(O)OCC[N+](C)(C)C)OCc1ccccc1. The molecular weight excluding hydrogens is 565 g/mol. The predicted octanol–water partition coefficient (Wildman–Crippen LogP) is 8.07. The lowest BCUT2D eigenvalue weighted by Crippen LogP contribution is -2.37. The molecule has 1 aromatic rings. The summed E-state index contributed by atoms with van der Waals surface area (Å²) in [5.74, 6) is 1.76. The second kappa shape index (κ2) is 21.5. The lowest BCUT2D eigenvalue weighted by Gasteiger charge is -2.24. The number of carbonyl (C=O) groups is 1. The molecule has 0 bridgehead atoms. The summed E-state index contributed by atoms with van der Waals surface area (Å²) in [6, 6.07) is 9.59. The number of quaternary nitrogens is 1. The summed E-state index contributed by atoms with van der Waals surface area (Å²) < 4.78 is 34.6. The van der Waals surface area contributed by atoms with Gasteiger partial charge in [-0.05, 0) is 30.2 Å². The highest BCUT2D eigenvalue weighted by molar-refractivity contribution is 7.47. The van der Waals surface area contributed by atoms with Gasteiger partial charge >= 0.3 is 13.8 Å². The Balaban J connectivity index is 1.56. The summed E-state index contributed by atoms with van der Waals surface area (Å²) in [5.41, 5.74) is 0.944. The molecule has 1 unspecified atom stereocenters. The number of likely N-dealkylation sites (N-methyl/N-ethyl adjacent to an activating group) is 1. The van der Waals surface area contributed by atoms with Crippen molar-refractivity contribution in [3.8, 4) is 0 Å². The molecule has 1 N–H and O–H groups in total. The van der Waals surface area contributed by atoms with Crippen LogP contribution < -0.4 is 0 Å². The number of phosphoric acid groups is 1. The van der Waals surface area contributed by atoms with E-state index in [1.165, 1.54) is 70.6 Å². The van der Waals surface area contributed by atoms with E-state index < -0.39 is 13.9 Å². The number of ether oxygens (including phenoxy) is 2. The van der Waals surface area contributed by atoms with Crippen molar-refractivity contribution >= 4 is 13.8 Å². The van der Waals surface area contributed by atoms with E-state index in [-0.39, 0.29) is 32.4 Å². The quantitative estimate of drug-likeness (QED) is 0.0457. The Morgan fingerprint density at radius 2 is 1.49 bits per heavy atom. The summed E-state index contributed by atoms with van der Waals surface area (Å²) in [5, 5.41) is 0. The number of benzene rings is 1. The summed E-state index contributed by atoms with van der Waals surface area (Å²) in [7, 11) is 1.65. The minimum Gasteiger partial charge on any atom is -0.463 e. The fraction of sp³-hybridized carbons (Fsp3) is 0.794. The number of unbranched alkanes of at least 4 members (excludes halogenated alkanes) is 9. The second-order valence-corrected chi connectivity index (χ2v) is 14.8. The van der Waals surface area contributed by atoms with Gasteiger partial charge in [-0.2, -0.15) is 0 Å². The molecule has 0 aromatic heterocycles. The zero-order valence-corrected chi connectivity index (χ0v) is 28.4. The van der Waals surface area contributed by atoms with Crippen LogP contribution in [0.25, 0.3) is 0 Å². The molecule has 0 aliphatic heterocycles. The molecule has 4 atom stereocenters. The highest BCUT2D eigenvalue weighted by Gasteiger charge is 2.35. The lowest BCUT2D eigenvalue weighted by atomic mass is 10.0. The van der Waals surface area contributed by atoms with Gasteiger partial charge in [0.1, 0.15) is 25.9 Å². The fourth-order valence-electron chi connectivity index (χ4n) is 5.25. The summed E-state index contributed by atoms with van der Waals surface area (Å²) >= 11 is 0. The number of esters is 1. The molecule has 1 aromatic carbocycles. The molecule has 0 heterocycles. The van der Waals surface area contributed by atoms with Gasteiger partial charge in [0.2, 0.25) is 0 Å². The van der Waals surface area contributed by atoms with Gasteiger partial charge in [0.25, 0.3) is 0 Å². The third-order valence-corrected chi connectivity index (χ3v) is 9.14. The number of nitrogens with zero attached hydrogens (tertiary/aromatic N) is 1. The lowest BCUT2D eigenvalue weighted by molar-refractivity contribution is -0.870. The van der Waals surface area contributed by atoms with Crippen molar-refractivity contribution in [1.29, 1.82) is 0 Å². The van der Waals surface area contributed by atoms with Gasteiger partial charge in [-0.3, -0.25) is 13.8 Å². The number of rotatable bonds is 27. The normalized spacial score (nSPS) is 18.7. The first-order chi connectivity index (χ1) is 20.6. The Hall–Kier alpha value is -1.28. The second-order valence-electron chi connectivity index (χ2n) is 13.3.